The van der Waals surface area contributed by atoms with Gasteiger partial charge in [0.25, 0.3) is 11.8 Å². The summed E-state index contributed by atoms with van der Waals surface area (Å²) in [5.41, 5.74) is 1.82. The summed E-state index contributed by atoms with van der Waals surface area (Å²) in [6.45, 7) is 3.39. The zero-order valence-corrected chi connectivity index (χ0v) is 13.6. The first-order chi connectivity index (χ1) is 11.6. The van der Waals surface area contributed by atoms with Crippen molar-refractivity contribution in [3.05, 3.63) is 65.2 Å². The van der Waals surface area contributed by atoms with Gasteiger partial charge in [-0.1, -0.05) is 17.7 Å². The van der Waals surface area contributed by atoms with Gasteiger partial charge in [0.2, 0.25) is 0 Å². The van der Waals surface area contributed by atoms with Crippen molar-refractivity contribution in [3.63, 3.8) is 0 Å². The van der Waals surface area contributed by atoms with Crippen LogP contribution in [0.4, 0.5) is 0 Å². The second-order valence-corrected chi connectivity index (χ2v) is 5.89. The first-order valence-corrected chi connectivity index (χ1v) is 8.06. The van der Waals surface area contributed by atoms with Crippen molar-refractivity contribution in [3.8, 4) is 0 Å². The van der Waals surface area contributed by atoms with Gasteiger partial charge < -0.3 is 14.6 Å². The van der Waals surface area contributed by atoms with E-state index in [1.807, 2.05) is 19.1 Å². The molecule has 2 amide bonds. The normalized spacial score (nSPS) is 14.7. The van der Waals surface area contributed by atoms with Crippen LogP contribution in [0.5, 0.6) is 0 Å². The molecular weight excluding hydrogens is 304 g/mol. The van der Waals surface area contributed by atoms with Gasteiger partial charge in [-0.05, 0) is 44.0 Å². The van der Waals surface area contributed by atoms with E-state index in [0.717, 1.165) is 18.4 Å². The summed E-state index contributed by atoms with van der Waals surface area (Å²) in [7, 11) is 0. The third-order valence-electron chi connectivity index (χ3n) is 4.02. The largest absolute Gasteiger partial charge is 0.465 e. The highest BCUT2D eigenvalue weighted by Crippen LogP contribution is 2.14. The van der Waals surface area contributed by atoms with Crippen LogP contribution in [0.3, 0.4) is 0 Å². The molecular formula is C19H20N2O3. The molecule has 3 rings (SSSR count). The molecule has 0 aliphatic carbocycles. The lowest BCUT2D eigenvalue weighted by atomic mass is 10.1. The van der Waals surface area contributed by atoms with Gasteiger partial charge in [0, 0.05) is 24.7 Å². The number of carbonyl (C=O) groups is 2. The predicted octanol–water partition coefficient (Wildman–Crippen LogP) is 2.98. The highest BCUT2D eigenvalue weighted by atomic mass is 16.3. The monoisotopic (exact) mass is 324 g/mol. The van der Waals surface area contributed by atoms with Gasteiger partial charge in [-0.15, -0.1) is 0 Å². The van der Waals surface area contributed by atoms with E-state index >= 15 is 0 Å². The maximum atomic E-state index is 12.7. The van der Waals surface area contributed by atoms with Crippen molar-refractivity contribution < 1.29 is 14.0 Å². The quantitative estimate of drug-likeness (QED) is 0.880. The van der Waals surface area contributed by atoms with Gasteiger partial charge in [-0.2, -0.15) is 0 Å². The third-order valence-corrected chi connectivity index (χ3v) is 4.02. The number of likely N-dealkylation sites (tertiary alicyclic amines) is 1. The Morgan fingerprint density at radius 1 is 1.12 bits per heavy atom. The van der Waals surface area contributed by atoms with Gasteiger partial charge in [-0.25, -0.2) is 0 Å². The first-order valence-electron chi connectivity index (χ1n) is 8.06. The summed E-state index contributed by atoms with van der Waals surface area (Å²) in [5.74, 6) is 0.0477. The van der Waals surface area contributed by atoms with E-state index in [1.165, 1.54) is 6.26 Å². The smallest absolute Gasteiger partial charge is 0.270 e. The highest BCUT2D eigenvalue weighted by Gasteiger charge is 2.23. The van der Waals surface area contributed by atoms with Crippen LogP contribution < -0.4 is 5.32 Å². The molecule has 2 heterocycles. The summed E-state index contributed by atoms with van der Waals surface area (Å²) in [6, 6.07) is 10.7. The molecule has 1 fully saturated rings. The van der Waals surface area contributed by atoms with Crippen molar-refractivity contribution >= 4 is 17.9 Å². The molecule has 24 heavy (non-hydrogen) atoms. The second kappa shape index (κ2) is 7.17. The van der Waals surface area contributed by atoms with E-state index in [1.54, 1.807) is 35.2 Å². The van der Waals surface area contributed by atoms with Crippen molar-refractivity contribution in [2.45, 2.75) is 19.8 Å². The van der Waals surface area contributed by atoms with Gasteiger partial charge in [0.15, 0.2) is 0 Å². The van der Waals surface area contributed by atoms with Crippen molar-refractivity contribution in [2.24, 2.45) is 0 Å². The number of aryl methyl sites for hydroxylation is 1. The van der Waals surface area contributed by atoms with Gasteiger partial charge in [0.1, 0.15) is 11.5 Å². The Labute approximate surface area is 141 Å². The minimum absolute atomic E-state index is 0.177. The summed E-state index contributed by atoms with van der Waals surface area (Å²) in [5, 5.41) is 2.74. The number of hydrogen-bond donors (Lipinski definition) is 1. The maximum Gasteiger partial charge on any atom is 0.270 e. The number of carbonyl (C=O) groups excluding carboxylic acids is 2. The molecule has 0 spiro atoms. The summed E-state index contributed by atoms with van der Waals surface area (Å²) >= 11 is 0. The van der Waals surface area contributed by atoms with Crippen LogP contribution in [0, 0.1) is 6.92 Å². The van der Waals surface area contributed by atoms with Gasteiger partial charge in [-0.3, -0.25) is 9.59 Å². The Morgan fingerprint density at radius 3 is 2.46 bits per heavy atom. The minimum Gasteiger partial charge on any atom is -0.465 e. The SMILES string of the molecule is Cc1ccc(C(=O)N/C(=C/c2ccco2)C(=O)N2CCCC2)cc1. The summed E-state index contributed by atoms with van der Waals surface area (Å²) in [6.07, 6.45) is 5.09. The molecule has 1 saturated heterocycles. The fraction of sp³-hybridized carbons (Fsp3) is 0.263. The number of furan rings is 1. The Hall–Kier alpha value is -2.82. The lowest BCUT2D eigenvalue weighted by Crippen LogP contribution is -2.36. The van der Waals surface area contributed by atoms with E-state index in [0.29, 0.717) is 24.4 Å². The molecule has 0 bridgehead atoms. The van der Waals surface area contributed by atoms with Crippen LogP contribution in [0.2, 0.25) is 0 Å². The molecule has 1 N–H and O–H groups in total. The topological polar surface area (TPSA) is 62.6 Å². The van der Waals surface area contributed by atoms with E-state index in [4.69, 9.17) is 4.42 Å². The number of benzene rings is 1. The number of rotatable bonds is 4. The number of hydrogen-bond acceptors (Lipinski definition) is 3. The fourth-order valence-electron chi connectivity index (χ4n) is 2.66. The third kappa shape index (κ3) is 3.74. The highest BCUT2D eigenvalue weighted by molar-refractivity contribution is 6.05. The molecule has 2 aromatic rings. The molecule has 1 aromatic heterocycles. The maximum absolute atomic E-state index is 12.7. The molecule has 1 aromatic carbocycles. The van der Waals surface area contributed by atoms with Crippen LogP contribution >= 0.6 is 0 Å². The molecule has 0 unspecified atom stereocenters. The lowest BCUT2D eigenvalue weighted by Gasteiger charge is -2.18. The van der Waals surface area contributed by atoms with Crippen molar-refractivity contribution in [1.29, 1.82) is 0 Å². The van der Waals surface area contributed by atoms with E-state index in [-0.39, 0.29) is 17.5 Å². The van der Waals surface area contributed by atoms with Gasteiger partial charge in [0.05, 0.1) is 6.26 Å². The Kier molecular flexibility index (Phi) is 4.79. The standard InChI is InChI=1S/C19H20N2O3/c1-14-6-8-15(9-7-14)18(22)20-17(13-16-5-4-12-24-16)19(23)21-10-2-3-11-21/h4-9,12-13H,2-3,10-11H2,1H3,(H,20,22)/b17-13+. The summed E-state index contributed by atoms with van der Waals surface area (Å²) in [4.78, 5) is 26.9. The molecule has 0 saturated carbocycles. The van der Waals surface area contributed by atoms with Crippen molar-refractivity contribution in [2.75, 3.05) is 13.1 Å². The number of nitrogens with one attached hydrogen (secondary N) is 1. The molecule has 1 aliphatic heterocycles. The van der Waals surface area contributed by atoms with E-state index in [2.05, 4.69) is 5.32 Å². The minimum atomic E-state index is -0.305. The first kappa shape index (κ1) is 16.1. The average molecular weight is 324 g/mol. The van der Waals surface area contributed by atoms with Crippen molar-refractivity contribution in [1.82, 2.24) is 10.2 Å². The number of amides is 2. The molecule has 0 radical (unpaired) electrons. The fourth-order valence-corrected chi connectivity index (χ4v) is 2.66. The lowest BCUT2D eigenvalue weighted by molar-refractivity contribution is -0.126. The predicted molar refractivity (Wildman–Crippen MR) is 91.1 cm³/mol. The van der Waals surface area contributed by atoms with Crippen LogP contribution in [0.25, 0.3) is 6.08 Å². The summed E-state index contributed by atoms with van der Waals surface area (Å²) < 4.78 is 5.28. The van der Waals surface area contributed by atoms with Crippen LogP contribution in [-0.2, 0) is 4.79 Å². The average Bonchev–Trinajstić information content (AvgIpc) is 3.28. The molecule has 124 valence electrons. The molecule has 1 aliphatic rings. The zero-order valence-electron chi connectivity index (χ0n) is 13.6. The number of nitrogens with zero attached hydrogens (tertiary/aromatic N) is 1. The molecule has 5 nitrogen and oxygen atoms in total. The second-order valence-electron chi connectivity index (χ2n) is 5.89. The molecule has 0 atom stereocenters. The Balaban J connectivity index is 1.82. The van der Waals surface area contributed by atoms with Crippen LogP contribution in [0.15, 0.2) is 52.8 Å². The van der Waals surface area contributed by atoms with Crippen LogP contribution in [-0.4, -0.2) is 29.8 Å². The molecule has 5 heteroatoms. The van der Waals surface area contributed by atoms with Gasteiger partial charge >= 0.3 is 0 Å². The van der Waals surface area contributed by atoms with Crippen LogP contribution in [0.1, 0.15) is 34.5 Å². The van der Waals surface area contributed by atoms with E-state index < -0.39 is 0 Å². The Bertz CT molecular complexity index is 739. The zero-order chi connectivity index (χ0) is 16.9. The van der Waals surface area contributed by atoms with E-state index in [9.17, 15) is 9.59 Å². The Morgan fingerprint density at radius 2 is 1.83 bits per heavy atom.